The predicted octanol–water partition coefficient (Wildman–Crippen LogP) is 2.50. The molecule has 0 atom stereocenters. The second kappa shape index (κ2) is 7.63. The van der Waals surface area contributed by atoms with Gasteiger partial charge in [-0.1, -0.05) is 0 Å². The highest BCUT2D eigenvalue weighted by atomic mass is 127. The van der Waals surface area contributed by atoms with Crippen LogP contribution in [0.15, 0.2) is 12.1 Å². The van der Waals surface area contributed by atoms with Crippen molar-refractivity contribution in [3.63, 3.8) is 0 Å². The molecule has 0 aliphatic carbocycles. The molecule has 1 saturated heterocycles. The molecule has 0 bridgehead atoms. The summed E-state index contributed by atoms with van der Waals surface area (Å²) in [4.78, 5) is 24.7. The first-order chi connectivity index (χ1) is 10.2. The molecular formula is C15H18INO4. The molecule has 1 aromatic rings. The van der Waals surface area contributed by atoms with E-state index in [-0.39, 0.29) is 12.5 Å². The van der Waals surface area contributed by atoms with Gasteiger partial charge in [0.2, 0.25) is 0 Å². The van der Waals surface area contributed by atoms with Crippen LogP contribution < -0.4 is 9.47 Å². The third kappa shape index (κ3) is 4.09. The minimum absolute atomic E-state index is 0.00346. The standard InChI is InChI=1S/C15H18INO4/c1-2-20-13-8-11(9-18)7-12(16)15(13)21-10-14(19)17-5-3-4-6-17/h7-9H,2-6,10H2,1H3. The number of hydrogen-bond acceptors (Lipinski definition) is 4. The minimum atomic E-state index is -0.00906. The molecule has 0 unspecified atom stereocenters. The molecule has 1 heterocycles. The van der Waals surface area contributed by atoms with Crippen molar-refractivity contribution in [1.29, 1.82) is 0 Å². The molecule has 1 aromatic carbocycles. The molecular weight excluding hydrogens is 385 g/mol. The number of carbonyl (C=O) groups is 2. The van der Waals surface area contributed by atoms with E-state index in [1.54, 1.807) is 12.1 Å². The van der Waals surface area contributed by atoms with E-state index in [2.05, 4.69) is 22.6 Å². The highest BCUT2D eigenvalue weighted by molar-refractivity contribution is 14.1. The smallest absolute Gasteiger partial charge is 0.260 e. The summed E-state index contributed by atoms with van der Waals surface area (Å²) < 4.78 is 11.9. The lowest BCUT2D eigenvalue weighted by molar-refractivity contribution is -0.132. The topological polar surface area (TPSA) is 55.8 Å². The zero-order valence-electron chi connectivity index (χ0n) is 11.9. The van der Waals surface area contributed by atoms with Crippen molar-refractivity contribution in [1.82, 2.24) is 4.90 Å². The summed E-state index contributed by atoms with van der Waals surface area (Å²) in [6, 6.07) is 3.35. The summed E-state index contributed by atoms with van der Waals surface area (Å²) in [6.45, 7) is 3.94. The molecule has 1 aliphatic rings. The van der Waals surface area contributed by atoms with Crippen LogP contribution in [0.2, 0.25) is 0 Å². The molecule has 5 nitrogen and oxygen atoms in total. The summed E-state index contributed by atoms with van der Waals surface area (Å²) in [7, 11) is 0. The number of hydrogen-bond donors (Lipinski definition) is 0. The van der Waals surface area contributed by atoms with Crippen LogP contribution in [0.5, 0.6) is 11.5 Å². The molecule has 2 rings (SSSR count). The highest BCUT2D eigenvalue weighted by Gasteiger charge is 2.20. The van der Waals surface area contributed by atoms with Gasteiger partial charge in [0.25, 0.3) is 5.91 Å². The van der Waals surface area contributed by atoms with E-state index in [0.717, 1.165) is 35.8 Å². The molecule has 0 saturated carbocycles. The third-order valence-electron chi connectivity index (χ3n) is 3.27. The summed E-state index contributed by atoms with van der Waals surface area (Å²) in [5.74, 6) is 1.02. The molecule has 6 heteroatoms. The van der Waals surface area contributed by atoms with E-state index >= 15 is 0 Å². The Morgan fingerprint density at radius 1 is 1.33 bits per heavy atom. The van der Waals surface area contributed by atoms with Gasteiger partial charge in [0.15, 0.2) is 18.1 Å². The Kier molecular flexibility index (Phi) is 5.84. The van der Waals surface area contributed by atoms with Gasteiger partial charge in [0, 0.05) is 18.7 Å². The molecule has 0 radical (unpaired) electrons. The summed E-state index contributed by atoms with van der Waals surface area (Å²) in [5, 5.41) is 0. The third-order valence-corrected chi connectivity index (χ3v) is 4.07. The number of carbonyl (C=O) groups excluding carboxylic acids is 2. The van der Waals surface area contributed by atoms with E-state index in [1.165, 1.54) is 0 Å². The lowest BCUT2D eigenvalue weighted by atomic mass is 10.2. The second-order valence-corrected chi connectivity index (χ2v) is 5.92. The number of likely N-dealkylation sites (tertiary alicyclic amines) is 1. The molecule has 21 heavy (non-hydrogen) atoms. The lowest BCUT2D eigenvalue weighted by Gasteiger charge is -2.18. The van der Waals surface area contributed by atoms with Crippen LogP contribution in [-0.4, -0.2) is 43.4 Å². The zero-order chi connectivity index (χ0) is 15.2. The van der Waals surface area contributed by atoms with Crippen LogP contribution in [0.4, 0.5) is 0 Å². The van der Waals surface area contributed by atoms with Gasteiger partial charge >= 0.3 is 0 Å². The van der Waals surface area contributed by atoms with Crippen LogP contribution in [0, 0.1) is 3.57 Å². The lowest BCUT2D eigenvalue weighted by Crippen LogP contribution is -2.32. The van der Waals surface area contributed by atoms with Gasteiger partial charge in [0.1, 0.15) is 6.29 Å². The number of benzene rings is 1. The molecule has 0 aromatic heterocycles. The molecule has 0 spiro atoms. The Balaban J connectivity index is 2.10. The Morgan fingerprint density at radius 2 is 2.05 bits per heavy atom. The normalized spacial score (nSPS) is 14.1. The molecule has 0 N–H and O–H groups in total. The first-order valence-electron chi connectivity index (χ1n) is 6.97. The van der Waals surface area contributed by atoms with Crippen molar-refractivity contribution in [2.24, 2.45) is 0 Å². The van der Waals surface area contributed by atoms with Crippen LogP contribution in [0.3, 0.4) is 0 Å². The first kappa shape index (κ1) is 16.1. The molecule has 1 amide bonds. The van der Waals surface area contributed by atoms with Crippen molar-refractivity contribution < 1.29 is 19.1 Å². The van der Waals surface area contributed by atoms with Gasteiger partial charge in [-0.2, -0.15) is 0 Å². The van der Waals surface area contributed by atoms with Crippen molar-refractivity contribution >= 4 is 34.8 Å². The van der Waals surface area contributed by atoms with Crippen LogP contribution in [0.1, 0.15) is 30.1 Å². The Morgan fingerprint density at radius 3 is 2.67 bits per heavy atom. The Hall–Kier alpha value is -1.31. The van der Waals surface area contributed by atoms with Crippen LogP contribution in [-0.2, 0) is 4.79 Å². The average Bonchev–Trinajstić information content (AvgIpc) is 3.00. The number of amides is 1. The van der Waals surface area contributed by atoms with Crippen LogP contribution >= 0.6 is 22.6 Å². The number of halogens is 1. The summed E-state index contributed by atoms with van der Waals surface area (Å²) >= 11 is 2.08. The fourth-order valence-electron chi connectivity index (χ4n) is 2.25. The van der Waals surface area contributed by atoms with E-state index in [1.807, 2.05) is 11.8 Å². The maximum absolute atomic E-state index is 12.0. The Labute approximate surface area is 137 Å². The molecule has 1 fully saturated rings. The van der Waals surface area contributed by atoms with Gasteiger partial charge < -0.3 is 14.4 Å². The fourth-order valence-corrected chi connectivity index (χ4v) is 3.03. The number of ether oxygens (including phenoxy) is 2. The molecule has 114 valence electrons. The van der Waals surface area contributed by atoms with Crippen molar-refractivity contribution in [3.05, 3.63) is 21.3 Å². The largest absolute Gasteiger partial charge is 0.490 e. The monoisotopic (exact) mass is 403 g/mol. The van der Waals surface area contributed by atoms with E-state index < -0.39 is 0 Å². The highest BCUT2D eigenvalue weighted by Crippen LogP contribution is 2.34. The fraction of sp³-hybridized carbons (Fsp3) is 0.467. The SMILES string of the molecule is CCOc1cc(C=O)cc(I)c1OCC(=O)N1CCCC1. The summed E-state index contributed by atoms with van der Waals surface area (Å²) in [5.41, 5.74) is 0.529. The summed E-state index contributed by atoms with van der Waals surface area (Å²) in [6.07, 6.45) is 2.88. The maximum Gasteiger partial charge on any atom is 0.260 e. The van der Waals surface area contributed by atoms with E-state index in [9.17, 15) is 9.59 Å². The van der Waals surface area contributed by atoms with Gasteiger partial charge in [-0.25, -0.2) is 0 Å². The number of rotatable bonds is 6. The average molecular weight is 403 g/mol. The number of aldehydes is 1. The Bertz CT molecular complexity index is 527. The quantitative estimate of drug-likeness (QED) is 0.541. The van der Waals surface area contributed by atoms with Crippen molar-refractivity contribution in [2.75, 3.05) is 26.3 Å². The maximum atomic E-state index is 12.0. The minimum Gasteiger partial charge on any atom is -0.490 e. The zero-order valence-corrected chi connectivity index (χ0v) is 14.1. The second-order valence-electron chi connectivity index (χ2n) is 4.76. The van der Waals surface area contributed by atoms with Gasteiger partial charge in [-0.3, -0.25) is 9.59 Å². The van der Waals surface area contributed by atoms with Crippen molar-refractivity contribution in [2.45, 2.75) is 19.8 Å². The van der Waals surface area contributed by atoms with Gasteiger partial charge in [-0.15, -0.1) is 0 Å². The number of nitrogens with zero attached hydrogens (tertiary/aromatic N) is 1. The van der Waals surface area contributed by atoms with E-state index in [0.29, 0.717) is 23.7 Å². The van der Waals surface area contributed by atoms with E-state index in [4.69, 9.17) is 9.47 Å². The predicted molar refractivity (Wildman–Crippen MR) is 87.0 cm³/mol. The van der Waals surface area contributed by atoms with Gasteiger partial charge in [0.05, 0.1) is 10.2 Å². The van der Waals surface area contributed by atoms with Crippen molar-refractivity contribution in [3.8, 4) is 11.5 Å². The van der Waals surface area contributed by atoms with Gasteiger partial charge in [-0.05, 0) is 54.5 Å². The van der Waals surface area contributed by atoms with Crippen LogP contribution in [0.25, 0.3) is 0 Å². The first-order valence-corrected chi connectivity index (χ1v) is 8.05. The molecule has 1 aliphatic heterocycles.